The molecule has 22 heavy (non-hydrogen) atoms. The van der Waals surface area contributed by atoms with Gasteiger partial charge in [-0.3, -0.25) is 0 Å². The van der Waals surface area contributed by atoms with Gasteiger partial charge in [-0.05, 0) is 25.1 Å². The van der Waals surface area contributed by atoms with Crippen LogP contribution in [0.4, 0.5) is 0 Å². The number of nitrogens with one attached hydrogen (secondary N) is 1. The quantitative estimate of drug-likeness (QED) is 0.756. The molecule has 0 aliphatic heterocycles. The molecule has 2 rings (SSSR count). The number of rotatable bonds is 8. The number of hydrogen-bond donors (Lipinski definition) is 1. The fraction of sp³-hybridized carbons (Fsp3) is 0.438. The average molecular weight is 322 g/mol. The van der Waals surface area contributed by atoms with Crippen molar-refractivity contribution < 1.29 is 14.2 Å². The molecule has 0 aliphatic rings. The molecule has 1 N–H and O–H groups in total. The molecule has 0 fully saturated rings. The number of ether oxygens (including phenoxy) is 3. The number of hydrogen-bond acceptors (Lipinski definition) is 6. The maximum absolute atomic E-state index is 5.39. The van der Waals surface area contributed by atoms with E-state index in [1.54, 1.807) is 32.7 Å². The first-order chi connectivity index (χ1) is 10.7. The molecule has 0 bridgehead atoms. The lowest BCUT2D eigenvalue weighted by molar-refractivity contribution is 0.324. The van der Waals surface area contributed by atoms with E-state index >= 15 is 0 Å². The molecule has 1 aromatic heterocycles. The summed E-state index contributed by atoms with van der Waals surface area (Å²) in [6.45, 7) is 3.93. The van der Waals surface area contributed by atoms with Gasteiger partial charge in [0.05, 0.1) is 27.0 Å². The van der Waals surface area contributed by atoms with Crippen LogP contribution in [0.15, 0.2) is 17.5 Å². The number of aromatic nitrogens is 1. The highest BCUT2D eigenvalue weighted by molar-refractivity contribution is 7.13. The summed E-state index contributed by atoms with van der Waals surface area (Å²) in [5.74, 6) is 1.87. The molecular weight excluding hydrogens is 300 g/mol. The van der Waals surface area contributed by atoms with Crippen LogP contribution in [-0.4, -0.2) is 32.9 Å². The fourth-order valence-electron chi connectivity index (χ4n) is 2.12. The predicted octanol–water partition coefficient (Wildman–Crippen LogP) is 3.34. The lowest BCUT2D eigenvalue weighted by Gasteiger charge is -2.13. The van der Waals surface area contributed by atoms with Gasteiger partial charge in [-0.1, -0.05) is 6.92 Å². The first kappa shape index (κ1) is 16.6. The third-order valence-electron chi connectivity index (χ3n) is 3.20. The van der Waals surface area contributed by atoms with Crippen LogP contribution >= 0.6 is 11.3 Å². The Morgan fingerprint density at radius 2 is 1.77 bits per heavy atom. The standard InChI is InChI=1S/C16H22N2O3S/c1-5-6-17-9-12-10-22-16(18-12)11-7-13(19-2)15(21-4)14(8-11)20-3/h7-8,10,17H,5-6,9H2,1-4H3. The van der Waals surface area contributed by atoms with Crippen molar-refractivity contribution in [2.45, 2.75) is 19.9 Å². The highest BCUT2D eigenvalue weighted by Crippen LogP contribution is 2.41. The van der Waals surface area contributed by atoms with Crippen molar-refractivity contribution in [1.29, 1.82) is 0 Å². The van der Waals surface area contributed by atoms with Gasteiger partial charge >= 0.3 is 0 Å². The number of thiazole rings is 1. The van der Waals surface area contributed by atoms with E-state index < -0.39 is 0 Å². The van der Waals surface area contributed by atoms with Crippen LogP contribution in [0.5, 0.6) is 17.2 Å². The Morgan fingerprint density at radius 1 is 1.09 bits per heavy atom. The normalized spacial score (nSPS) is 10.5. The Hall–Kier alpha value is -1.79. The number of methoxy groups -OCH3 is 3. The minimum Gasteiger partial charge on any atom is -0.493 e. The second-order valence-corrected chi connectivity index (χ2v) is 5.59. The van der Waals surface area contributed by atoms with Gasteiger partial charge < -0.3 is 19.5 Å². The summed E-state index contributed by atoms with van der Waals surface area (Å²) in [7, 11) is 4.83. The summed E-state index contributed by atoms with van der Waals surface area (Å²) in [6, 6.07) is 3.84. The van der Waals surface area contributed by atoms with E-state index in [2.05, 4.69) is 22.6 Å². The molecule has 120 valence electrons. The molecule has 5 nitrogen and oxygen atoms in total. The van der Waals surface area contributed by atoms with Gasteiger partial charge in [-0.25, -0.2) is 4.98 Å². The van der Waals surface area contributed by atoms with Crippen molar-refractivity contribution >= 4 is 11.3 Å². The van der Waals surface area contributed by atoms with Crippen LogP contribution in [-0.2, 0) is 6.54 Å². The van der Waals surface area contributed by atoms with Gasteiger partial charge in [0, 0.05) is 17.5 Å². The van der Waals surface area contributed by atoms with Crippen LogP contribution in [0, 0.1) is 0 Å². The van der Waals surface area contributed by atoms with E-state index in [9.17, 15) is 0 Å². The second-order valence-electron chi connectivity index (χ2n) is 4.73. The van der Waals surface area contributed by atoms with Crippen molar-refractivity contribution in [2.75, 3.05) is 27.9 Å². The minimum absolute atomic E-state index is 0.593. The zero-order valence-electron chi connectivity index (χ0n) is 13.4. The third kappa shape index (κ3) is 3.69. The first-order valence-electron chi connectivity index (χ1n) is 7.19. The third-order valence-corrected chi connectivity index (χ3v) is 4.14. The van der Waals surface area contributed by atoms with Gasteiger partial charge in [0.2, 0.25) is 5.75 Å². The molecule has 0 unspecified atom stereocenters. The highest BCUT2D eigenvalue weighted by atomic mass is 32.1. The molecular formula is C16H22N2O3S. The summed E-state index contributed by atoms with van der Waals surface area (Å²) in [5, 5.41) is 6.36. The van der Waals surface area contributed by atoms with Gasteiger partial charge in [-0.2, -0.15) is 0 Å². The monoisotopic (exact) mass is 322 g/mol. The van der Waals surface area contributed by atoms with Crippen LogP contribution < -0.4 is 19.5 Å². The van der Waals surface area contributed by atoms with Crippen LogP contribution in [0.1, 0.15) is 19.0 Å². The summed E-state index contributed by atoms with van der Waals surface area (Å²) in [6.07, 6.45) is 1.11. The number of benzene rings is 1. The molecule has 1 aromatic carbocycles. The molecule has 0 saturated heterocycles. The summed E-state index contributed by atoms with van der Waals surface area (Å²) in [4.78, 5) is 4.66. The Morgan fingerprint density at radius 3 is 2.32 bits per heavy atom. The molecule has 0 spiro atoms. The predicted molar refractivity (Wildman–Crippen MR) is 89.2 cm³/mol. The maximum atomic E-state index is 5.39. The van der Waals surface area contributed by atoms with Crippen LogP contribution in [0.3, 0.4) is 0 Å². The van der Waals surface area contributed by atoms with E-state index in [1.807, 2.05) is 12.1 Å². The van der Waals surface area contributed by atoms with Gasteiger partial charge in [0.15, 0.2) is 11.5 Å². The van der Waals surface area contributed by atoms with E-state index in [1.165, 1.54) is 0 Å². The molecule has 0 saturated carbocycles. The first-order valence-corrected chi connectivity index (χ1v) is 8.06. The van der Waals surface area contributed by atoms with Gasteiger partial charge in [-0.15, -0.1) is 11.3 Å². The molecule has 0 atom stereocenters. The van der Waals surface area contributed by atoms with Crippen molar-refractivity contribution in [3.63, 3.8) is 0 Å². The molecule has 6 heteroatoms. The lowest BCUT2D eigenvalue weighted by Crippen LogP contribution is -2.13. The van der Waals surface area contributed by atoms with Crippen molar-refractivity contribution in [3.8, 4) is 27.8 Å². The summed E-state index contributed by atoms with van der Waals surface area (Å²) < 4.78 is 16.1. The van der Waals surface area contributed by atoms with Crippen molar-refractivity contribution in [3.05, 3.63) is 23.2 Å². The zero-order chi connectivity index (χ0) is 15.9. The zero-order valence-corrected chi connectivity index (χ0v) is 14.3. The number of nitrogens with zero attached hydrogens (tertiary/aromatic N) is 1. The Labute approximate surface area is 135 Å². The maximum Gasteiger partial charge on any atom is 0.203 e. The largest absolute Gasteiger partial charge is 0.493 e. The van der Waals surface area contributed by atoms with E-state index in [4.69, 9.17) is 14.2 Å². The second kappa shape index (κ2) is 8.00. The summed E-state index contributed by atoms with van der Waals surface area (Å²) >= 11 is 1.61. The topological polar surface area (TPSA) is 52.6 Å². The van der Waals surface area contributed by atoms with Crippen molar-refractivity contribution in [2.24, 2.45) is 0 Å². The summed E-state index contributed by atoms with van der Waals surface area (Å²) in [5.41, 5.74) is 2.00. The van der Waals surface area contributed by atoms with E-state index in [0.717, 1.165) is 35.8 Å². The van der Waals surface area contributed by atoms with Gasteiger partial charge in [0.1, 0.15) is 5.01 Å². The SMILES string of the molecule is CCCNCc1csc(-c2cc(OC)c(OC)c(OC)c2)n1. The molecule has 0 aliphatic carbocycles. The molecule has 0 radical (unpaired) electrons. The van der Waals surface area contributed by atoms with Crippen LogP contribution in [0.25, 0.3) is 10.6 Å². The molecule has 1 heterocycles. The lowest BCUT2D eigenvalue weighted by atomic mass is 10.2. The molecule has 2 aromatic rings. The van der Waals surface area contributed by atoms with Crippen LogP contribution in [0.2, 0.25) is 0 Å². The fourth-order valence-corrected chi connectivity index (χ4v) is 2.93. The average Bonchev–Trinajstić information content (AvgIpc) is 3.02. The molecule has 0 amide bonds. The Balaban J connectivity index is 2.28. The Kier molecular flexibility index (Phi) is 6.03. The van der Waals surface area contributed by atoms with E-state index in [-0.39, 0.29) is 0 Å². The Bertz CT molecular complexity index is 588. The van der Waals surface area contributed by atoms with Gasteiger partial charge in [0.25, 0.3) is 0 Å². The van der Waals surface area contributed by atoms with E-state index in [0.29, 0.717) is 17.2 Å². The highest BCUT2D eigenvalue weighted by Gasteiger charge is 2.15. The van der Waals surface area contributed by atoms with Crippen molar-refractivity contribution in [1.82, 2.24) is 10.3 Å². The minimum atomic E-state index is 0.593. The smallest absolute Gasteiger partial charge is 0.203 e.